The molecule has 0 saturated carbocycles. The maximum atomic E-state index is 10.0. The summed E-state index contributed by atoms with van der Waals surface area (Å²) in [7, 11) is 0. The van der Waals surface area contributed by atoms with Gasteiger partial charge >= 0.3 is 0 Å². The van der Waals surface area contributed by atoms with E-state index in [1.54, 1.807) is 68.8 Å². The second-order valence-corrected chi connectivity index (χ2v) is 33.2. The summed E-state index contributed by atoms with van der Waals surface area (Å²) in [5.74, 6) is 5.02. The van der Waals surface area contributed by atoms with Crippen molar-refractivity contribution in [3.05, 3.63) is 290 Å². The molecule has 0 aliphatic carbocycles. The highest BCUT2D eigenvalue weighted by molar-refractivity contribution is 5.76. The van der Waals surface area contributed by atoms with E-state index in [2.05, 4.69) is 145 Å². The van der Waals surface area contributed by atoms with Crippen LogP contribution in [0.2, 0.25) is 0 Å². The minimum absolute atomic E-state index is 0.177. The first-order valence-electron chi connectivity index (χ1n) is 45.0. The number of benzene rings is 8. The Morgan fingerprint density at radius 2 is 0.596 bits per heavy atom. The van der Waals surface area contributed by atoms with E-state index in [1.807, 2.05) is 222 Å². The van der Waals surface area contributed by atoms with Gasteiger partial charge in [-0.1, -0.05) is 24.3 Å². The lowest BCUT2D eigenvalue weighted by Gasteiger charge is -2.34. The maximum absolute atomic E-state index is 10.0. The Kier molecular flexibility index (Phi) is 28.6. The minimum Gasteiger partial charge on any atom is -0.396 e. The molecule has 0 amide bonds. The molecule has 4 aliphatic heterocycles. The average molecular weight is 1810 g/mol. The van der Waals surface area contributed by atoms with Gasteiger partial charge in [-0.3, -0.25) is 0 Å². The summed E-state index contributed by atoms with van der Waals surface area (Å²) in [6, 6.07) is 71.1. The number of β-amino-alcohol motifs (C(OH)–C–C–N with tert-alkyl or cyclic N) is 1. The number of rotatable bonds is 21. The number of aryl methyl sites for hydroxylation is 4. The zero-order valence-corrected chi connectivity index (χ0v) is 75.4. The third kappa shape index (κ3) is 22.7. The van der Waals surface area contributed by atoms with Crippen LogP contribution in [0.25, 0.3) is 67.8 Å². The van der Waals surface area contributed by atoms with Crippen molar-refractivity contribution >= 4 is 69.3 Å². The van der Waals surface area contributed by atoms with Crippen LogP contribution in [0.4, 0.5) is 69.3 Å². The molecule has 8 aromatic heterocycles. The van der Waals surface area contributed by atoms with Crippen LogP contribution >= 0.6 is 0 Å². The molecular formula is C101H98N32O3. The first-order chi connectivity index (χ1) is 66.5. The number of anilines is 12. The average Bonchev–Trinajstić information content (AvgIpc) is 1.60. The Hall–Kier alpha value is -17.1. The number of aliphatic hydroxyl groups excluding tert-OH is 3. The van der Waals surface area contributed by atoms with Crippen LogP contribution in [0.3, 0.4) is 0 Å². The molecule has 8 aromatic carbocycles. The van der Waals surface area contributed by atoms with Crippen LogP contribution in [0, 0.1) is 78.9 Å². The Morgan fingerprint density at radius 1 is 0.309 bits per heavy atom. The Labute approximate surface area is 785 Å². The molecule has 0 bridgehead atoms. The molecule has 35 nitrogen and oxygen atoms in total. The lowest BCUT2D eigenvalue weighted by molar-refractivity contribution is 0.145. The molecule has 0 spiro atoms. The molecule has 2 unspecified atom stereocenters. The monoisotopic (exact) mass is 1810 g/mol. The first kappa shape index (κ1) is 90.8. The van der Waals surface area contributed by atoms with E-state index in [-0.39, 0.29) is 24.7 Å². The fourth-order valence-corrected chi connectivity index (χ4v) is 16.6. The maximum Gasteiger partial charge on any atom is 0.227 e. The number of nitrogens with one attached hydrogen (secondary N) is 4. The van der Waals surface area contributed by atoms with E-state index < -0.39 is 0 Å². The number of nitriles is 4. The molecule has 136 heavy (non-hydrogen) atoms. The van der Waals surface area contributed by atoms with Crippen molar-refractivity contribution in [3.63, 3.8) is 0 Å². The number of aliphatic hydroxyl groups is 3. The molecule has 0 radical (unpaired) electrons. The van der Waals surface area contributed by atoms with Crippen molar-refractivity contribution in [1.82, 2.24) is 98.9 Å². The molecule has 35 heteroatoms. The summed E-state index contributed by atoms with van der Waals surface area (Å²) < 4.78 is 6.90. The summed E-state index contributed by atoms with van der Waals surface area (Å²) in [5, 5.41) is 98.6. The summed E-state index contributed by atoms with van der Waals surface area (Å²) in [4.78, 5) is 61.3. The number of piperidine rings is 4. The number of aromatic nitrogens is 20. The highest BCUT2D eigenvalue weighted by Crippen LogP contribution is 2.36. The molecule has 2 atom stereocenters. The molecular weight excluding hydrogens is 1710 g/mol. The van der Waals surface area contributed by atoms with E-state index >= 15 is 0 Å². The van der Waals surface area contributed by atoms with E-state index in [9.17, 15) is 36.4 Å². The summed E-state index contributed by atoms with van der Waals surface area (Å²) >= 11 is 0. The Balaban J connectivity index is 0.000000126. The number of nitrogens with zero attached hydrogens (tertiary/aromatic N) is 28. The molecule has 4 saturated heterocycles. The molecule has 7 N–H and O–H groups in total. The quantitative estimate of drug-likeness (QED) is 0.0351. The molecule has 680 valence electrons. The van der Waals surface area contributed by atoms with Gasteiger partial charge in [-0.25, -0.2) is 78.5 Å². The van der Waals surface area contributed by atoms with Gasteiger partial charge in [0.05, 0.1) is 103 Å². The van der Waals surface area contributed by atoms with E-state index in [1.165, 1.54) is 19.3 Å². The highest BCUT2D eigenvalue weighted by atomic mass is 16.3. The van der Waals surface area contributed by atoms with Gasteiger partial charge in [-0.05, 0) is 261 Å². The van der Waals surface area contributed by atoms with E-state index in [4.69, 9.17) is 0 Å². The molecule has 12 heterocycles. The number of hydrogen-bond acceptors (Lipinski definition) is 31. The standard InChI is InChI=1S/C26H26N8O.2C25H24N8O.C25H24N8/c1-18-29-17-34(32-18)23-7-5-22(6-8-23)30-26-28-11-10-24(31-26)20-4-9-25(21(13-20)14-27)33-12-2-3-19(15-33)16-35;1-17-28-16-33(31-17)21-5-3-20(4-6-21)29-25-27-11-8-23(30-25)18-2-7-24(19(14-18)15-26)32-12-9-22(34)10-13-32;1-17-28-16-33(31-17)21-7-5-20(6-8-21)29-25-27-11-10-23(30-25)18-4-9-24(19(13-18)14-26)32-12-2-3-22(34)15-32;1-18-28-17-33(31-18)22-8-6-21(7-9-22)29-25-27-12-11-23(30-25)19-5-10-24(20(15-19)16-26)32-13-3-2-4-14-32/h4-11,13,17,19,35H,2-3,12,15-16H2,1H3,(H,28,30,31);2-8,11,14,16,22,34H,9-10,12-13H2,1H3,(H,27,29,30);4-11,13,16,22,34H,2-3,12,15H2,1H3,(H,27,29,30);5-12,15,17H,2-4,13-14H2,1H3,(H,27,29,30). The topological polar surface area (TPSA) is 443 Å². The minimum atomic E-state index is -0.357. The van der Waals surface area contributed by atoms with Crippen molar-refractivity contribution in [3.8, 4) is 92.1 Å². The third-order valence-corrected chi connectivity index (χ3v) is 23.6. The van der Waals surface area contributed by atoms with Gasteiger partial charge in [-0.2, -0.15) is 41.4 Å². The van der Waals surface area contributed by atoms with Crippen molar-refractivity contribution in [2.24, 2.45) is 5.92 Å². The van der Waals surface area contributed by atoms with E-state index in [0.29, 0.717) is 77.0 Å². The third-order valence-electron chi connectivity index (χ3n) is 23.6. The predicted molar refractivity (Wildman–Crippen MR) is 519 cm³/mol. The largest absolute Gasteiger partial charge is 0.396 e. The van der Waals surface area contributed by atoms with Gasteiger partial charge < -0.3 is 56.2 Å². The zero-order chi connectivity index (χ0) is 93.8. The second-order valence-electron chi connectivity index (χ2n) is 33.2. The Bertz CT molecular complexity index is 7000. The molecule has 4 aliphatic rings. The fourth-order valence-electron chi connectivity index (χ4n) is 16.6. The highest BCUT2D eigenvalue weighted by Gasteiger charge is 2.26. The van der Waals surface area contributed by atoms with Gasteiger partial charge in [0.1, 0.15) is 72.9 Å². The first-order valence-corrected chi connectivity index (χ1v) is 45.0. The normalized spacial score (nSPS) is 14.7. The van der Waals surface area contributed by atoms with E-state index in [0.717, 1.165) is 197 Å². The smallest absolute Gasteiger partial charge is 0.227 e. The fraction of sp³-hybridized carbons (Fsp3) is 0.248. The SMILES string of the molecule is Cc1ncn(-c2ccc(Nc3nccc(-c4ccc(N5CCC(O)CC5)c(C#N)c4)n3)cc2)n1.Cc1ncn(-c2ccc(Nc3nccc(-c4ccc(N5CCCC(CO)C5)c(C#N)c4)n3)cc2)n1.Cc1ncn(-c2ccc(Nc3nccc(-c4ccc(N5CCCC(O)C5)c(C#N)c4)n3)cc2)n1.Cc1ncn(-c2ccc(Nc3nccc(-c4ccc(N5CCCCC5)c(C#N)c4)n3)cc2)n1. The van der Waals surface area contributed by atoms with Gasteiger partial charge in [0.25, 0.3) is 0 Å². The van der Waals surface area contributed by atoms with Crippen LogP contribution in [-0.4, -0.2) is 185 Å². The van der Waals surface area contributed by atoms with Gasteiger partial charge in [0.2, 0.25) is 23.8 Å². The molecule has 16 aromatic rings. The van der Waals surface area contributed by atoms with Gasteiger partial charge in [0, 0.05) is 129 Å². The Morgan fingerprint density at radius 3 is 0.882 bits per heavy atom. The second kappa shape index (κ2) is 42.8. The van der Waals surface area contributed by atoms with Crippen molar-refractivity contribution in [2.45, 2.75) is 97.7 Å². The van der Waals surface area contributed by atoms with Crippen molar-refractivity contribution in [2.75, 3.05) is 99.8 Å². The van der Waals surface area contributed by atoms with Crippen LogP contribution in [0.15, 0.2) is 244 Å². The number of hydrogen-bond donors (Lipinski definition) is 7. The van der Waals surface area contributed by atoms with Crippen molar-refractivity contribution < 1.29 is 15.3 Å². The van der Waals surface area contributed by atoms with Crippen LogP contribution < -0.4 is 40.9 Å². The van der Waals surface area contributed by atoms with Crippen LogP contribution in [0.5, 0.6) is 0 Å². The lowest BCUT2D eigenvalue weighted by atomic mass is 9.97. The summed E-state index contributed by atoms with van der Waals surface area (Å²) in [5.41, 5.74) is 19.5. The summed E-state index contributed by atoms with van der Waals surface area (Å²) in [6.07, 6.45) is 21.7. The van der Waals surface area contributed by atoms with Gasteiger partial charge in [0.15, 0.2) is 0 Å². The van der Waals surface area contributed by atoms with Crippen LogP contribution in [-0.2, 0) is 0 Å². The molecule has 4 fully saturated rings. The van der Waals surface area contributed by atoms with Gasteiger partial charge in [-0.15, -0.1) is 0 Å². The predicted octanol–water partition coefficient (Wildman–Crippen LogP) is 15.7. The lowest BCUT2D eigenvalue weighted by Crippen LogP contribution is -2.38. The zero-order valence-electron chi connectivity index (χ0n) is 75.4. The summed E-state index contributed by atoms with van der Waals surface area (Å²) in [6.45, 7) is 14.1. The van der Waals surface area contributed by atoms with Crippen molar-refractivity contribution in [1.29, 1.82) is 21.0 Å². The molecule has 20 rings (SSSR count). The van der Waals surface area contributed by atoms with Crippen LogP contribution in [0.1, 0.15) is 103 Å².